The summed E-state index contributed by atoms with van der Waals surface area (Å²) in [5, 5.41) is 0. The Kier molecular flexibility index (Phi) is 3.49. The highest BCUT2D eigenvalue weighted by molar-refractivity contribution is 7.72. The topological polar surface area (TPSA) is 59.9 Å². The molecule has 1 aromatic carbocycles. The van der Waals surface area contributed by atoms with E-state index in [1.165, 1.54) is 0 Å². The number of hydrogen-bond acceptors (Lipinski definition) is 4. The number of thiol groups is 1. The van der Waals surface area contributed by atoms with Crippen LogP contribution in [0.1, 0.15) is 12.7 Å². The Balaban J connectivity index is 2.32. The van der Waals surface area contributed by atoms with E-state index in [1.807, 2.05) is 6.92 Å². The summed E-state index contributed by atoms with van der Waals surface area (Å²) in [7, 11) is -2.52. The molecule has 0 saturated carbocycles. The van der Waals surface area contributed by atoms with E-state index in [4.69, 9.17) is 0 Å². The summed E-state index contributed by atoms with van der Waals surface area (Å²) in [6, 6.07) is 6.67. The molecule has 1 aromatic heterocycles. The van der Waals surface area contributed by atoms with E-state index in [0.717, 1.165) is 23.4 Å². The van der Waals surface area contributed by atoms with E-state index in [0.29, 0.717) is 4.90 Å². The maximum Gasteiger partial charge on any atom is 0.168 e. The van der Waals surface area contributed by atoms with E-state index < -0.39 is 10.7 Å². The molecule has 0 bridgehead atoms. The molecule has 0 aliphatic rings. The van der Waals surface area contributed by atoms with Gasteiger partial charge in [0.1, 0.15) is 5.82 Å². The molecule has 88 valence electrons. The first-order valence-electron chi connectivity index (χ1n) is 5.26. The second kappa shape index (κ2) is 5.05. The molecule has 0 aliphatic carbocycles. The second-order valence-corrected chi connectivity index (χ2v) is 4.58. The molecule has 2 aromatic rings. The average Bonchev–Trinajstić information content (AvgIpc) is 2.39. The average molecular weight is 248 g/mol. The summed E-state index contributed by atoms with van der Waals surface area (Å²) in [5.74, 6) is 0.799. The van der Waals surface area contributed by atoms with Crippen LogP contribution in [0.5, 0.6) is 0 Å². The first kappa shape index (κ1) is 11.7. The highest BCUT2D eigenvalue weighted by Crippen LogP contribution is 2.18. The van der Waals surface area contributed by atoms with E-state index in [9.17, 15) is 8.42 Å². The molecule has 1 heterocycles. The van der Waals surface area contributed by atoms with Gasteiger partial charge in [0, 0.05) is 24.4 Å². The fraction of sp³-hybridized carbons (Fsp3) is 0.167. The third-order valence-corrected chi connectivity index (χ3v) is 3.15. The van der Waals surface area contributed by atoms with Crippen molar-refractivity contribution in [2.75, 3.05) is 0 Å². The lowest BCUT2D eigenvalue weighted by Gasteiger charge is -2.01. The fourth-order valence-electron chi connectivity index (χ4n) is 1.46. The van der Waals surface area contributed by atoms with Crippen molar-refractivity contribution in [2.24, 2.45) is 0 Å². The first-order valence-corrected chi connectivity index (χ1v) is 6.44. The van der Waals surface area contributed by atoms with Crippen LogP contribution < -0.4 is 0 Å². The van der Waals surface area contributed by atoms with Gasteiger partial charge in [0.05, 0.1) is 4.90 Å². The van der Waals surface area contributed by atoms with Crippen LogP contribution in [0.15, 0.2) is 41.6 Å². The van der Waals surface area contributed by atoms with Gasteiger partial charge in [-0.15, -0.1) is 0 Å². The van der Waals surface area contributed by atoms with Gasteiger partial charge in [0.25, 0.3) is 0 Å². The van der Waals surface area contributed by atoms with Crippen LogP contribution >= 0.6 is 0 Å². The summed E-state index contributed by atoms with van der Waals surface area (Å²) in [4.78, 5) is 8.72. The molecule has 0 atom stereocenters. The Labute approximate surface area is 101 Å². The molecular formula is C12H12N2O2S. The van der Waals surface area contributed by atoms with Crippen LogP contribution in [0.2, 0.25) is 0 Å². The Morgan fingerprint density at radius 1 is 1.00 bits per heavy atom. The van der Waals surface area contributed by atoms with Gasteiger partial charge in [-0.3, -0.25) is 0 Å². The number of benzene rings is 1. The molecule has 0 aliphatic heterocycles. The van der Waals surface area contributed by atoms with E-state index in [1.54, 1.807) is 36.7 Å². The molecular weight excluding hydrogens is 236 g/mol. The van der Waals surface area contributed by atoms with E-state index in [2.05, 4.69) is 9.97 Å². The zero-order valence-electron chi connectivity index (χ0n) is 9.33. The number of aromatic nitrogens is 2. The lowest BCUT2D eigenvalue weighted by molar-refractivity contribution is 0.614. The summed E-state index contributed by atoms with van der Waals surface area (Å²) in [6.45, 7) is 1.99. The van der Waals surface area contributed by atoms with Gasteiger partial charge < -0.3 is 0 Å². The second-order valence-electron chi connectivity index (χ2n) is 3.55. The third-order valence-electron chi connectivity index (χ3n) is 2.43. The third kappa shape index (κ3) is 2.68. The van der Waals surface area contributed by atoms with Gasteiger partial charge in [0.2, 0.25) is 0 Å². The quantitative estimate of drug-likeness (QED) is 0.839. The number of rotatable bonds is 3. The summed E-state index contributed by atoms with van der Waals surface area (Å²) >= 11 is 0. The Bertz CT molecular complexity index is 566. The maximum atomic E-state index is 10.7. The summed E-state index contributed by atoms with van der Waals surface area (Å²) in [6.07, 6.45) is 4.30. The number of aryl methyl sites for hydroxylation is 1. The van der Waals surface area contributed by atoms with Gasteiger partial charge in [-0.25, -0.2) is 18.4 Å². The fourth-order valence-corrected chi connectivity index (χ4v) is 1.85. The molecule has 17 heavy (non-hydrogen) atoms. The Hall–Kier alpha value is -1.75. The van der Waals surface area contributed by atoms with Crippen LogP contribution in [0, 0.1) is 0 Å². The van der Waals surface area contributed by atoms with Gasteiger partial charge >= 0.3 is 0 Å². The molecule has 0 unspecified atom stereocenters. The van der Waals surface area contributed by atoms with Crippen molar-refractivity contribution in [3.63, 3.8) is 0 Å². The van der Waals surface area contributed by atoms with Crippen LogP contribution in [-0.2, 0) is 17.1 Å². The van der Waals surface area contributed by atoms with Crippen LogP contribution in [0.4, 0.5) is 0 Å². The minimum atomic E-state index is -2.52. The predicted octanol–water partition coefficient (Wildman–Crippen LogP) is 1.68. The Morgan fingerprint density at radius 3 is 2.06 bits per heavy atom. The van der Waals surface area contributed by atoms with Crippen LogP contribution in [-0.4, -0.2) is 18.4 Å². The van der Waals surface area contributed by atoms with E-state index in [-0.39, 0.29) is 0 Å². The molecule has 0 N–H and O–H groups in total. The number of hydrogen-bond donors (Lipinski definition) is 1. The molecule has 0 radical (unpaired) electrons. The zero-order valence-corrected chi connectivity index (χ0v) is 10.2. The van der Waals surface area contributed by atoms with Gasteiger partial charge in [-0.05, 0) is 17.7 Å². The molecule has 0 saturated heterocycles. The lowest BCUT2D eigenvalue weighted by Crippen LogP contribution is -1.92. The predicted molar refractivity (Wildman–Crippen MR) is 65.4 cm³/mol. The molecule has 0 amide bonds. The van der Waals surface area contributed by atoms with Crippen LogP contribution in [0.25, 0.3) is 11.1 Å². The molecule has 0 spiro atoms. The largest absolute Gasteiger partial charge is 0.241 e. The van der Waals surface area contributed by atoms with Gasteiger partial charge in [0.15, 0.2) is 10.7 Å². The monoisotopic (exact) mass is 248 g/mol. The smallest absolute Gasteiger partial charge is 0.168 e. The maximum absolute atomic E-state index is 10.7. The number of nitrogens with zero attached hydrogens (tertiary/aromatic N) is 2. The molecule has 0 fully saturated rings. The SMILES string of the molecule is CCc1ncc(-c2ccc([SH](=O)=O)cc2)cn1. The van der Waals surface area contributed by atoms with Crippen molar-refractivity contribution in [3.05, 3.63) is 42.5 Å². The van der Waals surface area contributed by atoms with Crippen molar-refractivity contribution >= 4 is 10.7 Å². The van der Waals surface area contributed by atoms with Crippen molar-refractivity contribution < 1.29 is 8.42 Å². The molecule has 2 rings (SSSR count). The lowest BCUT2D eigenvalue weighted by atomic mass is 10.1. The highest BCUT2D eigenvalue weighted by Gasteiger charge is 2.00. The zero-order chi connectivity index (χ0) is 12.3. The Morgan fingerprint density at radius 2 is 1.59 bits per heavy atom. The summed E-state index contributed by atoms with van der Waals surface area (Å²) < 4.78 is 21.5. The van der Waals surface area contributed by atoms with Crippen molar-refractivity contribution in [3.8, 4) is 11.1 Å². The van der Waals surface area contributed by atoms with Crippen molar-refractivity contribution in [1.82, 2.24) is 9.97 Å². The minimum absolute atomic E-state index is 0.315. The van der Waals surface area contributed by atoms with Crippen molar-refractivity contribution in [2.45, 2.75) is 18.2 Å². The minimum Gasteiger partial charge on any atom is -0.241 e. The van der Waals surface area contributed by atoms with Gasteiger partial charge in [-0.2, -0.15) is 0 Å². The normalized spacial score (nSPS) is 10.7. The molecule has 5 heteroatoms. The molecule has 4 nitrogen and oxygen atoms in total. The first-order chi connectivity index (χ1) is 8.20. The van der Waals surface area contributed by atoms with Gasteiger partial charge in [-0.1, -0.05) is 19.1 Å². The van der Waals surface area contributed by atoms with Crippen LogP contribution in [0.3, 0.4) is 0 Å². The van der Waals surface area contributed by atoms with Crippen molar-refractivity contribution in [1.29, 1.82) is 0 Å². The highest BCUT2D eigenvalue weighted by atomic mass is 32.2. The summed E-state index contributed by atoms with van der Waals surface area (Å²) in [5.41, 5.74) is 1.79. The van der Waals surface area contributed by atoms with E-state index >= 15 is 0 Å². The standard InChI is InChI=1S/C12H12N2O2S/c1-2-12-13-7-10(8-14-12)9-3-5-11(6-4-9)17(15)16/h3-8,17H,2H2,1H3.